The maximum absolute atomic E-state index is 5.92. The first-order valence-electron chi connectivity index (χ1n) is 5.68. The van der Waals surface area contributed by atoms with Gasteiger partial charge in [-0.1, -0.05) is 22.8 Å². The number of benzene rings is 2. The summed E-state index contributed by atoms with van der Waals surface area (Å²) in [6.45, 7) is 0. The Morgan fingerprint density at radius 2 is 2.05 bits per heavy atom. The van der Waals surface area contributed by atoms with Crippen LogP contribution >= 0.6 is 11.6 Å². The molecule has 0 amide bonds. The van der Waals surface area contributed by atoms with E-state index < -0.39 is 0 Å². The van der Waals surface area contributed by atoms with Gasteiger partial charge in [0, 0.05) is 5.56 Å². The topological polar surface area (TPSA) is 61.3 Å². The molecule has 0 aliphatic rings. The van der Waals surface area contributed by atoms with E-state index in [1.165, 1.54) is 0 Å². The Hall–Kier alpha value is -2.20. The number of nitrogens with two attached hydrogens (primary N) is 1. The predicted molar refractivity (Wildman–Crippen MR) is 75.4 cm³/mol. The number of halogens is 1. The van der Waals surface area contributed by atoms with Gasteiger partial charge in [-0.2, -0.15) is 0 Å². The lowest BCUT2D eigenvalue weighted by Crippen LogP contribution is -1.88. The number of rotatable bonds is 2. The van der Waals surface area contributed by atoms with Gasteiger partial charge in [0.15, 0.2) is 5.58 Å². The van der Waals surface area contributed by atoms with E-state index in [9.17, 15) is 0 Å². The van der Waals surface area contributed by atoms with Crippen LogP contribution in [-0.2, 0) is 0 Å². The third-order valence-electron chi connectivity index (χ3n) is 2.95. The standard InChI is InChI=1S/C14H11ClN2O2/c1-18-9-3-5-13-10(7-9)14(17-19-13)8-2-4-11(15)12(16)6-8/h2-7H,16H2,1H3. The van der Waals surface area contributed by atoms with Crippen LogP contribution in [0.4, 0.5) is 5.69 Å². The van der Waals surface area contributed by atoms with Crippen LogP contribution < -0.4 is 10.5 Å². The second-order valence-corrected chi connectivity index (χ2v) is 4.54. The number of aromatic nitrogens is 1. The van der Waals surface area contributed by atoms with Crippen molar-refractivity contribution in [3.63, 3.8) is 0 Å². The van der Waals surface area contributed by atoms with Gasteiger partial charge in [0.05, 0.1) is 23.2 Å². The Bertz CT molecular complexity index is 752. The Kier molecular flexibility index (Phi) is 2.80. The van der Waals surface area contributed by atoms with E-state index in [-0.39, 0.29) is 0 Å². The summed E-state index contributed by atoms with van der Waals surface area (Å²) < 4.78 is 10.5. The van der Waals surface area contributed by atoms with E-state index in [1.807, 2.05) is 24.3 Å². The van der Waals surface area contributed by atoms with Crippen molar-refractivity contribution in [3.05, 3.63) is 41.4 Å². The molecule has 1 aromatic heterocycles. The molecule has 0 unspecified atom stereocenters. The number of ether oxygens (including phenoxy) is 1. The summed E-state index contributed by atoms with van der Waals surface area (Å²) in [4.78, 5) is 0. The molecule has 3 aromatic rings. The highest BCUT2D eigenvalue weighted by atomic mass is 35.5. The van der Waals surface area contributed by atoms with Crippen LogP contribution in [0.2, 0.25) is 5.02 Å². The lowest BCUT2D eigenvalue weighted by molar-refractivity contribution is 0.415. The molecule has 2 aromatic carbocycles. The molecule has 0 spiro atoms. The van der Waals surface area contributed by atoms with Gasteiger partial charge in [-0.05, 0) is 30.3 Å². The minimum absolute atomic E-state index is 0.512. The highest BCUT2D eigenvalue weighted by Crippen LogP contribution is 2.33. The van der Waals surface area contributed by atoms with Crippen LogP contribution in [0.25, 0.3) is 22.2 Å². The second kappa shape index (κ2) is 4.48. The molecule has 3 rings (SSSR count). The quantitative estimate of drug-likeness (QED) is 0.723. The first kappa shape index (κ1) is 11.9. The molecule has 5 heteroatoms. The summed E-state index contributed by atoms with van der Waals surface area (Å²) >= 11 is 5.92. The number of hydrogen-bond acceptors (Lipinski definition) is 4. The molecular formula is C14H11ClN2O2. The molecular weight excluding hydrogens is 264 g/mol. The van der Waals surface area contributed by atoms with Crippen LogP contribution in [0.1, 0.15) is 0 Å². The molecule has 0 saturated heterocycles. The summed E-state index contributed by atoms with van der Waals surface area (Å²) in [5, 5.41) is 5.48. The third-order valence-corrected chi connectivity index (χ3v) is 3.29. The van der Waals surface area contributed by atoms with Crippen molar-refractivity contribution in [2.75, 3.05) is 12.8 Å². The van der Waals surface area contributed by atoms with E-state index in [1.54, 1.807) is 19.2 Å². The van der Waals surface area contributed by atoms with Crippen molar-refractivity contribution in [2.45, 2.75) is 0 Å². The van der Waals surface area contributed by atoms with Crippen LogP contribution in [0, 0.1) is 0 Å². The molecule has 0 aliphatic heterocycles. The molecule has 0 radical (unpaired) electrons. The Labute approximate surface area is 114 Å². The number of nitrogen functional groups attached to an aromatic ring is 1. The highest BCUT2D eigenvalue weighted by molar-refractivity contribution is 6.33. The van der Waals surface area contributed by atoms with Gasteiger partial charge in [0.1, 0.15) is 11.4 Å². The van der Waals surface area contributed by atoms with Gasteiger partial charge >= 0.3 is 0 Å². The van der Waals surface area contributed by atoms with E-state index in [2.05, 4.69) is 5.16 Å². The average Bonchev–Trinajstić information content (AvgIpc) is 2.84. The van der Waals surface area contributed by atoms with Gasteiger partial charge in [-0.3, -0.25) is 0 Å². The van der Waals surface area contributed by atoms with Crippen molar-refractivity contribution in [1.29, 1.82) is 0 Å². The molecule has 0 saturated carbocycles. The zero-order valence-corrected chi connectivity index (χ0v) is 10.9. The molecule has 1 heterocycles. The summed E-state index contributed by atoms with van der Waals surface area (Å²) in [7, 11) is 1.62. The fourth-order valence-corrected chi connectivity index (χ4v) is 2.06. The van der Waals surface area contributed by atoms with Gasteiger partial charge < -0.3 is 15.0 Å². The molecule has 0 atom stereocenters. The lowest BCUT2D eigenvalue weighted by atomic mass is 10.1. The van der Waals surface area contributed by atoms with Gasteiger partial charge in [-0.15, -0.1) is 0 Å². The van der Waals surface area contributed by atoms with Gasteiger partial charge in [0.2, 0.25) is 0 Å². The fraction of sp³-hybridized carbons (Fsp3) is 0.0714. The Morgan fingerprint density at radius 3 is 2.79 bits per heavy atom. The number of fused-ring (bicyclic) bond motifs is 1. The Morgan fingerprint density at radius 1 is 1.21 bits per heavy atom. The van der Waals surface area contributed by atoms with Crippen molar-refractivity contribution in [1.82, 2.24) is 5.16 Å². The minimum atomic E-state index is 0.512. The molecule has 2 N–H and O–H groups in total. The number of anilines is 1. The zero-order valence-electron chi connectivity index (χ0n) is 10.2. The van der Waals surface area contributed by atoms with Gasteiger partial charge in [0.25, 0.3) is 0 Å². The summed E-state index contributed by atoms with van der Waals surface area (Å²) in [6, 6.07) is 10.9. The SMILES string of the molecule is COc1ccc2onc(-c3ccc(Cl)c(N)c3)c2c1. The van der Waals surface area contributed by atoms with Crippen LogP contribution in [0.3, 0.4) is 0 Å². The normalized spacial score (nSPS) is 10.8. The molecule has 4 nitrogen and oxygen atoms in total. The summed E-state index contributed by atoms with van der Waals surface area (Å²) in [5.74, 6) is 0.749. The first-order chi connectivity index (χ1) is 9.19. The average molecular weight is 275 g/mol. The van der Waals surface area contributed by atoms with Crippen LogP contribution in [-0.4, -0.2) is 12.3 Å². The summed E-state index contributed by atoms with van der Waals surface area (Å²) in [5.41, 5.74) is 8.60. The van der Waals surface area contributed by atoms with Crippen molar-refractivity contribution < 1.29 is 9.26 Å². The molecule has 19 heavy (non-hydrogen) atoms. The molecule has 0 bridgehead atoms. The predicted octanol–water partition coefficient (Wildman–Crippen LogP) is 3.74. The first-order valence-corrected chi connectivity index (χ1v) is 6.05. The van der Waals surface area contributed by atoms with E-state index in [0.717, 1.165) is 22.4 Å². The van der Waals surface area contributed by atoms with E-state index >= 15 is 0 Å². The zero-order chi connectivity index (χ0) is 13.4. The van der Waals surface area contributed by atoms with E-state index in [4.69, 9.17) is 26.6 Å². The maximum atomic E-state index is 5.92. The highest BCUT2D eigenvalue weighted by Gasteiger charge is 2.12. The minimum Gasteiger partial charge on any atom is -0.497 e. The van der Waals surface area contributed by atoms with Crippen molar-refractivity contribution in [3.8, 4) is 17.0 Å². The Balaban J connectivity index is 2.21. The second-order valence-electron chi connectivity index (χ2n) is 4.13. The van der Waals surface area contributed by atoms with E-state index in [0.29, 0.717) is 16.3 Å². The van der Waals surface area contributed by atoms with Crippen molar-refractivity contribution in [2.24, 2.45) is 0 Å². The third kappa shape index (κ3) is 2.00. The molecule has 0 aliphatic carbocycles. The van der Waals surface area contributed by atoms with Crippen molar-refractivity contribution >= 4 is 28.3 Å². The molecule has 0 fully saturated rings. The number of methoxy groups -OCH3 is 1. The fourth-order valence-electron chi connectivity index (χ4n) is 1.94. The number of nitrogens with zero attached hydrogens (tertiary/aromatic N) is 1. The maximum Gasteiger partial charge on any atom is 0.167 e. The lowest BCUT2D eigenvalue weighted by Gasteiger charge is -2.02. The monoisotopic (exact) mass is 274 g/mol. The number of hydrogen-bond donors (Lipinski definition) is 1. The van der Waals surface area contributed by atoms with Crippen LogP contribution in [0.15, 0.2) is 40.9 Å². The smallest absolute Gasteiger partial charge is 0.167 e. The van der Waals surface area contributed by atoms with Crippen LogP contribution in [0.5, 0.6) is 5.75 Å². The summed E-state index contributed by atoms with van der Waals surface area (Å²) in [6.07, 6.45) is 0. The van der Waals surface area contributed by atoms with Gasteiger partial charge in [-0.25, -0.2) is 0 Å². The molecule has 96 valence electrons. The largest absolute Gasteiger partial charge is 0.497 e.